The quantitative estimate of drug-likeness (QED) is 0.294. The van der Waals surface area contributed by atoms with Gasteiger partial charge in [0, 0.05) is 62.4 Å². The number of piperazine rings is 1. The van der Waals surface area contributed by atoms with Crippen LogP contribution in [-0.2, 0) is 4.74 Å². The second-order valence-corrected chi connectivity index (χ2v) is 9.20. The molecule has 192 valence electrons. The predicted octanol–water partition coefficient (Wildman–Crippen LogP) is 3.52. The third kappa shape index (κ3) is 4.61. The highest BCUT2D eigenvalue weighted by Crippen LogP contribution is 2.36. The van der Waals surface area contributed by atoms with Gasteiger partial charge in [0.15, 0.2) is 12.6 Å². The standard InChI is InChI=1S/C28H27N7O3/c1-37-18-38-26-5-3-2-4-23(26)24-12-25-27(33-32-24)29-15-22-16-34(10-11-35(22)25)28-30-13-21(14-31-28)20-8-6-19(17-36)7-9-20/h2-9,12-14,17,22H,10-11,15-16,18H2,1H3,(H,29,33)/t22-/m0/s1. The van der Waals surface area contributed by atoms with E-state index >= 15 is 0 Å². The lowest BCUT2D eigenvalue weighted by atomic mass is 10.1. The monoisotopic (exact) mass is 509 g/mol. The summed E-state index contributed by atoms with van der Waals surface area (Å²) in [5.74, 6) is 2.20. The summed E-state index contributed by atoms with van der Waals surface area (Å²) in [5, 5.41) is 12.4. The molecule has 2 aromatic heterocycles. The molecule has 1 fully saturated rings. The minimum absolute atomic E-state index is 0.163. The molecule has 10 heteroatoms. The van der Waals surface area contributed by atoms with E-state index in [0.29, 0.717) is 17.3 Å². The summed E-state index contributed by atoms with van der Waals surface area (Å²) in [6.07, 6.45) is 4.51. The van der Waals surface area contributed by atoms with Crippen LogP contribution in [0.25, 0.3) is 22.4 Å². The molecule has 0 amide bonds. The molecule has 2 aromatic carbocycles. The van der Waals surface area contributed by atoms with Crippen LogP contribution in [0.3, 0.4) is 0 Å². The normalized spacial score (nSPS) is 16.3. The number of hydrogen-bond donors (Lipinski definition) is 1. The summed E-state index contributed by atoms with van der Waals surface area (Å²) in [4.78, 5) is 24.8. The van der Waals surface area contributed by atoms with E-state index in [0.717, 1.165) is 66.4 Å². The van der Waals surface area contributed by atoms with Crippen molar-refractivity contribution in [1.29, 1.82) is 0 Å². The summed E-state index contributed by atoms with van der Waals surface area (Å²) >= 11 is 0. The Morgan fingerprint density at radius 2 is 1.84 bits per heavy atom. The van der Waals surface area contributed by atoms with Gasteiger partial charge in [0.05, 0.1) is 17.4 Å². The smallest absolute Gasteiger partial charge is 0.225 e. The van der Waals surface area contributed by atoms with Crippen LogP contribution >= 0.6 is 0 Å². The highest BCUT2D eigenvalue weighted by molar-refractivity contribution is 5.78. The number of nitrogens with one attached hydrogen (secondary N) is 1. The van der Waals surface area contributed by atoms with Crippen molar-refractivity contribution in [3.8, 4) is 28.1 Å². The van der Waals surface area contributed by atoms with Gasteiger partial charge in [0.2, 0.25) is 5.95 Å². The van der Waals surface area contributed by atoms with Crippen LogP contribution in [0.1, 0.15) is 10.4 Å². The van der Waals surface area contributed by atoms with E-state index in [1.807, 2.05) is 48.8 Å². The lowest BCUT2D eigenvalue weighted by Gasteiger charge is -2.45. The van der Waals surface area contributed by atoms with Crippen LogP contribution in [0.2, 0.25) is 0 Å². The van der Waals surface area contributed by atoms with Gasteiger partial charge in [-0.05, 0) is 23.8 Å². The van der Waals surface area contributed by atoms with Gasteiger partial charge < -0.3 is 24.6 Å². The topological polar surface area (TPSA) is 106 Å². The Labute approximate surface area is 220 Å². The van der Waals surface area contributed by atoms with E-state index in [4.69, 9.17) is 9.47 Å². The number of rotatable bonds is 7. The highest BCUT2D eigenvalue weighted by atomic mass is 16.7. The van der Waals surface area contributed by atoms with Gasteiger partial charge in [-0.15, -0.1) is 10.2 Å². The lowest BCUT2D eigenvalue weighted by molar-refractivity contribution is 0.0515. The van der Waals surface area contributed by atoms with E-state index < -0.39 is 0 Å². The molecule has 0 spiro atoms. The number of methoxy groups -OCH3 is 1. The molecule has 10 nitrogen and oxygen atoms in total. The van der Waals surface area contributed by atoms with Crippen molar-refractivity contribution >= 4 is 23.7 Å². The fraction of sp³-hybridized carbons (Fsp3) is 0.250. The molecule has 6 rings (SSSR count). The Morgan fingerprint density at radius 3 is 2.63 bits per heavy atom. The van der Waals surface area contributed by atoms with Gasteiger partial charge >= 0.3 is 0 Å². The van der Waals surface area contributed by atoms with Crippen LogP contribution in [0.5, 0.6) is 5.75 Å². The first-order valence-corrected chi connectivity index (χ1v) is 12.5. The maximum Gasteiger partial charge on any atom is 0.225 e. The van der Waals surface area contributed by atoms with E-state index in [9.17, 15) is 4.79 Å². The van der Waals surface area contributed by atoms with Gasteiger partial charge in [-0.1, -0.05) is 36.4 Å². The molecule has 1 saturated heterocycles. The zero-order valence-electron chi connectivity index (χ0n) is 20.9. The summed E-state index contributed by atoms with van der Waals surface area (Å²) in [6.45, 7) is 3.30. The van der Waals surface area contributed by atoms with Crippen LogP contribution in [0, 0.1) is 0 Å². The molecule has 0 unspecified atom stereocenters. The number of nitrogens with zero attached hydrogens (tertiary/aromatic N) is 6. The number of fused-ring (bicyclic) bond motifs is 3. The van der Waals surface area contributed by atoms with Crippen molar-refractivity contribution in [1.82, 2.24) is 20.2 Å². The number of benzene rings is 2. The second-order valence-electron chi connectivity index (χ2n) is 9.20. The van der Waals surface area contributed by atoms with Crippen molar-refractivity contribution in [3.05, 3.63) is 72.6 Å². The average molecular weight is 510 g/mol. The van der Waals surface area contributed by atoms with E-state index in [1.54, 1.807) is 19.2 Å². The van der Waals surface area contributed by atoms with Gasteiger partial charge in [-0.3, -0.25) is 4.79 Å². The number of aldehydes is 1. The zero-order valence-corrected chi connectivity index (χ0v) is 20.9. The van der Waals surface area contributed by atoms with Crippen LogP contribution in [-0.4, -0.2) is 72.6 Å². The van der Waals surface area contributed by atoms with Crippen LogP contribution < -0.4 is 19.9 Å². The molecular weight excluding hydrogens is 482 g/mol. The number of ether oxygens (including phenoxy) is 2. The second kappa shape index (κ2) is 10.4. The van der Waals surface area contributed by atoms with E-state index in [-0.39, 0.29) is 12.8 Å². The molecule has 2 aliphatic heterocycles. The Hall–Kier alpha value is -4.57. The number of carbonyl (C=O) groups excluding carboxylic acids is 1. The number of carbonyl (C=O) groups is 1. The molecule has 0 bridgehead atoms. The fourth-order valence-corrected chi connectivity index (χ4v) is 4.92. The molecule has 0 saturated carbocycles. The van der Waals surface area contributed by atoms with Gasteiger partial charge in [-0.2, -0.15) is 0 Å². The Morgan fingerprint density at radius 1 is 1.03 bits per heavy atom. The molecular formula is C28H27N7O3. The number of para-hydroxylation sites is 1. The van der Waals surface area contributed by atoms with Gasteiger partial charge in [-0.25, -0.2) is 9.97 Å². The maximum atomic E-state index is 10.9. The van der Waals surface area contributed by atoms with E-state index in [2.05, 4.69) is 41.3 Å². The first kappa shape index (κ1) is 23.8. The molecule has 1 N–H and O–H groups in total. The molecule has 0 radical (unpaired) electrons. The SMILES string of the molecule is COCOc1ccccc1-c1cc2c(nn1)NC[C@H]1CN(c3ncc(-c4ccc(C=O)cc4)cn3)CCN21. The van der Waals surface area contributed by atoms with Crippen LogP contribution in [0.4, 0.5) is 17.5 Å². The molecule has 2 aliphatic rings. The lowest BCUT2D eigenvalue weighted by Crippen LogP contribution is -2.58. The van der Waals surface area contributed by atoms with Gasteiger partial charge in [0.1, 0.15) is 12.0 Å². The predicted molar refractivity (Wildman–Crippen MR) is 145 cm³/mol. The highest BCUT2D eigenvalue weighted by Gasteiger charge is 2.34. The first-order valence-electron chi connectivity index (χ1n) is 12.5. The maximum absolute atomic E-state index is 10.9. The first-order chi connectivity index (χ1) is 18.7. The minimum atomic E-state index is 0.163. The summed E-state index contributed by atoms with van der Waals surface area (Å²) in [5.41, 5.74) is 5.19. The molecule has 4 aromatic rings. The minimum Gasteiger partial charge on any atom is -0.467 e. The Balaban J connectivity index is 1.19. The number of anilines is 3. The summed E-state index contributed by atoms with van der Waals surface area (Å²) < 4.78 is 10.8. The summed E-state index contributed by atoms with van der Waals surface area (Å²) in [6, 6.07) is 17.5. The molecule has 38 heavy (non-hydrogen) atoms. The number of hydrogen-bond acceptors (Lipinski definition) is 10. The molecule has 1 atom stereocenters. The largest absolute Gasteiger partial charge is 0.467 e. The van der Waals surface area contributed by atoms with Crippen molar-refractivity contribution in [3.63, 3.8) is 0 Å². The van der Waals surface area contributed by atoms with Crippen molar-refractivity contribution in [2.75, 3.05) is 55.2 Å². The van der Waals surface area contributed by atoms with Crippen molar-refractivity contribution < 1.29 is 14.3 Å². The van der Waals surface area contributed by atoms with Gasteiger partial charge in [0.25, 0.3) is 0 Å². The summed E-state index contributed by atoms with van der Waals surface area (Å²) in [7, 11) is 1.60. The third-order valence-corrected chi connectivity index (χ3v) is 6.87. The Bertz CT molecular complexity index is 1430. The van der Waals surface area contributed by atoms with Crippen LogP contribution in [0.15, 0.2) is 67.0 Å². The fourth-order valence-electron chi connectivity index (χ4n) is 4.92. The molecule has 4 heterocycles. The van der Waals surface area contributed by atoms with E-state index in [1.165, 1.54) is 0 Å². The third-order valence-electron chi connectivity index (χ3n) is 6.87. The van der Waals surface area contributed by atoms with Crippen molar-refractivity contribution in [2.45, 2.75) is 6.04 Å². The zero-order chi connectivity index (χ0) is 25.9. The number of aromatic nitrogens is 4. The molecule has 0 aliphatic carbocycles. The average Bonchev–Trinajstić information content (AvgIpc) is 2.99. The Kier molecular flexibility index (Phi) is 6.53. The van der Waals surface area contributed by atoms with Crippen molar-refractivity contribution in [2.24, 2.45) is 0 Å².